The first-order valence-corrected chi connectivity index (χ1v) is 7.44. The maximum Gasteiger partial charge on any atom is 0.303 e. The summed E-state index contributed by atoms with van der Waals surface area (Å²) in [7, 11) is 0. The molecule has 0 radical (unpaired) electrons. The molecule has 0 aromatic rings. The average molecular weight is 291 g/mol. The smallest absolute Gasteiger partial charge is 0.303 e. The Kier molecular flexibility index (Phi) is 7.73. The zero-order valence-electron chi connectivity index (χ0n) is 11.7. The second kappa shape index (κ2) is 8.77. The minimum atomic E-state index is -0.668. The molecule has 2 heterocycles. The number of nitrogens with zero attached hydrogens (tertiary/aromatic N) is 2. The highest BCUT2D eigenvalue weighted by molar-refractivity contribution is 5.85. The molecular formula is C14H27ClN2O2. The zero-order valence-corrected chi connectivity index (χ0v) is 12.5. The van der Waals surface area contributed by atoms with Gasteiger partial charge in [-0.2, -0.15) is 0 Å². The number of piperidine rings is 2. The lowest BCUT2D eigenvalue weighted by Gasteiger charge is -2.40. The minimum Gasteiger partial charge on any atom is -0.481 e. The van der Waals surface area contributed by atoms with E-state index in [1.54, 1.807) is 0 Å². The summed E-state index contributed by atoms with van der Waals surface area (Å²) in [6.07, 6.45) is 7.80. The summed E-state index contributed by atoms with van der Waals surface area (Å²) < 4.78 is 0. The van der Waals surface area contributed by atoms with Crippen molar-refractivity contribution in [1.82, 2.24) is 9.80 Å². The van der Waals surface area contributed by atoms with Crippen LogP contribution in [0.15, 0.2) is 0 Å². The molecule has 0 amide bonds. The molecule has 0 aliphatic carbocycles. The van der Waals surface area contributed by atoms with Crippen molar-refractivity contribution in [1.29, 1.82) is 0 Å². The Morgan fingerprint density at radius 1 is 1.05 bits per heavy atom. The van der Waals surface area contributed by atoms with Crippen LogP contribution in [0.2, 0.25) is 0 Å². The van der Waals surface area contributed by atoms with Crippen LogP contribution >= 0.6 is 12.4 Å². The standard InChI is InChI=1S/C14H26N2O2.ClH/c17-14(18)5-4-8-15-11-6-13(7-12-15)16-9-2-1-3-10-16;/h13H,1-12H2,(H,17,18);1H. The van der Waals surface area contributed by atoms with Crippen LogP contribution in [0.5, 0.6) is 0 Å². The highest BCUT2D eigenvalue weighted by atomic mass is 35.5. The molecule has 2 saturated heterocycles. The van der Waals surface area contributed by atoms with Gasteiger partial charge in [0, 0.05) is 12.5 Å². The second-order valence-corrected chi connectivity index (χ2v) is 5.67. The highest BCUT2D eigenvalue weighted by Gasteiger charge is 2.25. The third-order valence-corrected chi connectivity index (χ3v) is 4.33. The Balaban J connectivity index is 0.00000180. The van der Waals surface area contributed by atoms with Gasteiger partial charge in [0.1, 0.15) is 0 Å². The van der Waals surface area contributed by atoms with Gasteiger partial charge in [0.15, 0.2) is 0 Å². The number of carboxylic acids is 1. The number of hydrogen-bond donors (Lipinski definition) is 1. The van der Waals surface area contributed by atoms with Gasteiger partial charge in [-0.05, 0) is 64.8 Å². The van der Waals surface area contributed by atoms with Crippen LogP contribution in [0.4, 0.5) is 0 Å². The Morgan fingerprint density at radius 2 is 1.68 bits per heavy atom. The fraction of sp³-hybridized carbons (Fsp3) is 0.929. The lowest BCUT2D eigenvalue weighted by molar-refractivity contribution is -0.137. The summed E-state index contributed by atoms with van der Waals surface area (Å²) >= 11 is 0. The van der Waals surface area contributed by atoms with Gasteiger partial charge in [0.25, 0.3) is 0 Å². The topological polar surface area (TPSA) is 43.8 Å². The molecule has 0 aromatic heterocycles. The summed E-state index contributed by atoms with van der Waals surface area (Å²) in [5, 5.41) is 8.63. The number of halogens is 1. The summed E-state index contributed by atoms with van der Waals surface area (Å²) in [4.78, 5) is 15.6. The number of likely N-dealkylation sites (tertiary alicyclic amines) is 2. The van der Waals surface area contributed by atoms with E-state index in [0.717, 1.165) is 32.1 Å². The largest absolute Gasteiger partial charge is 0.481 e. The second-order valence-electron chi connectivity index (χ2n) is 5.67. The summed E-state index contributed by atoms with van der Waals surface area (Å²) in [5.41, 5.74) is 0. The maximum absolute atomic E-state index is 10.5. The molecule has 0 spiro atoms. The predicted octanol–water partition coefficient (Wildman–Crippen LogP) is 2.22. The van der Waals surface area contributed by atoms with E-state index in [-0.39, 0.29) is 12.4 Å². The average Bonchev–Trinajstić information content (AvgIpc) is 2.40. The Labute approximate surface area is 122 Å². The van der Waals surface area contributed by atoms with E-state index in [9.17, 15) is 4.79 Å². The van der Waals surface area contributed by atoms with Gasteiger partial charge in [-0.1, -0.05) is 6.42 Å². The molecule has 2 rings (SSSR count). The molecule has 0 bridgehead atoms. The van der Waals surface area contributed by atoms with Crippen molar-refractivity contribution in [2.75, 3.05) is 32.7 Å². The van der Waals surface area contributed by atoms with E-state index in [1.807, 2.05) is 0 Å². The quantitative estimate of drug-likeness (QED) is 0.843. The number of rotatable bonds is 5. The summed E-state index contributed by atoms with van der Waals surface area (Å²) in [6, 6.07) is 0.793. The van der Waals surface area contributed by atoms with Crippen LogP contribution in [-0.4, -0.2) is 59.6 Å². The zero-order chi connectivity index (χ0) is 12.8. The van der Waals surface area contributed by atoms with Crippen LogP contribution in [0.1, 0.15) is 44.9 Å². The van der Waals surface area contributed by atoms with Gasteiger partial charge in [-0.25, -0.2) is 0 Å². The van der Waals surface area contributed by atoms with Gasteiger partial charge in [-0.15, -0.1) is 12.4 Å². The first kappa shape index (κ1) is 16.7. The number of aliphatic carboxylic acids is 1. The minimum absolute atomic E-state index is 0. The van der Waals surface area contributed by atoms with E-state index in [2.05, 4.69) is 9.80 Å². The molecule has 1 N–H and O–H groups in total. The molecule has 4 nitrogen and oxygen atoms in total. The molecule has 0 unspecified atom stereocenters. The fourth-order valence-corrected chi connectivity index (χ4v) is 3.25. The lowest BCUT2D eigenvalue weighted by atomic mass is 10.00. The Hall–Kier alpha value is -0.320. The molecule has 19 heavy (non-hydrogen) atoms. The third kappa shape index (κ3) is 5.67. The van der Waals surface area contributed by atoms with Crippen molar-refractivity contribution in [2.24, 2.45) is 0 Å². The lowest BCUT2D eigenvalue weighted by Crippen LogP contribution is -2.46. The van der Waals surface area contributed by atoms with Crippen molar-refractivity contribution >= 4 is 18.4 Å². The highest BCUT2D eigenvalue weighted by Crippen LogP contribution is 2.20. The van der Waals surface area contributed by atoms with E-state index in [4.69, 9.17) is 5.11 Å². The number of carboxylic acid groups (broad SMARTS) is 1. The van der Waals surface area contributed by atoms with E-state index in [0.29, 0.717) is 6.42 Å². The van der Waals surface area contributed by atoms with Gasteiger partial charge >= 0.3 is 5.97 Å². The monoisotopic (exact) mass is 290 g/mol. The predicted molar refractivity (Wildman–Crippen MR) is 79.0 cm³/mol. The van der Waals surface area contributed by atoms with Crippen LogP contribution in [0.3, 0.4) is 0 Å². The van der Waals surface area contributed by atoms with E-state index >= 15 is 0 Å². The molecule has 5 heteroatoms. The van der Waals surface area contributed by atoms with Crippen LogP contribution in [0.25, 0.3) is 0 Å². The van der Waals surface area contributed by atoms with Crippen LogP contribution in [0, 0.1) is 0 Å². The van der Waals surface area contributed by atoms with Crippen molar-refractivity contribution in [3.8, 4) is 0 Å². The maximum atomic E-state index is 10.5. The number of hydrogen-bond acceptors (Lipinski definition) is 3. The normalized spacial score (nSPS) is 22.9. The fourth-order valence-electron chi connectivity index (χ4n) is 3.25. The van der Waals surface area contributed by atoms with Crippen LogP contribution in [-0.2, 0) is 4.79 Å². The van der Waals surface area contributed by atoms with Gasteiger partial charge in [0.05, 0.1) is 0 Å². The molecular weight excluding hydrogens is 264 g/mol. The van der Waals surface area contributed by atoms with Crippen molar-refractivity contribution in [2.45, 2.75) is 51.0 Å². The van der Waals surface area contributed by atoms with E-state index < -0.39 is 5.97 Å². The molecule has 2 aliphatic heterocycles. The summed E-state index contributed by atoms with van der Waals surface area (Å²) in [6.45, 7) is 5.86. The molecule has 0 aromatic carbocycles. The van der Waals surface area contributed by atoms with Crippen molar-refractivity contribution in [3.63, 3.8) is 0 Å². The Morgan fingerprint density at radius 3 is 2.26 bits per heavy atom. The summed E-state index contributed by atoms with van der Waals surface area (Å²) in [5.74, 6) is -0.668. The van der Waals surface area contributed by atoms with Crippen molar-refractivity contribution in [3.05, 3.63) is 0 Å². The molecule has 2 aliphatic rings. The molecule has 2 fully saturated rings. The molecule has 0 saturated carbocycles. The van der Waals surface area contributed by atoms with Gasteiger partial charge < -0.3 is 14.9 Å². The van der Waals surface area contributed by atoms with Crippen molar-refractivity contribution < 1.29 is 9.90 Å². The van der Waals surface area contributed by atoms with Gasteiger partial charge in [0.2, 0.25) is 0 Å². The van der Waals surface area contributed by atoms with E-state index in [1.165, 1.54) is 45.2 Å². The Bertz CT molecular complexity index is 262. The third-order valence-electron chi connectivity index (χ3n) is 4.33. The molecule has 112 valence electrons. The van der Waals surface area contributed by atoms with Gasteiger partial charge in [-0.3, -0.25) is 4.79 Å². The SMILES string of the molecule is Cl.O=C(O)CCCN1CCC(N2CCCCC2)CC1. The van der Waals surface area contributed by atoms with Crippen LogP contribution < -0.4 is 0 Å². The first-order chi connectivity index (χ1) is 8.75. The molecule has 0 atom stereocenters. The first-order valence-electron chi connectivity index (χ1n) is 7.44. The number of carbonyl (C=O) groups is 1.